The van der Waals surface area contributed by atoms with Crippen molar-refractivity contribution in [2.24, 2.45) is 5.73 Å². The van der Waals surface area contributed by atoms with Crippen molar-refractivity contribution in [2.75, 3.05) is 5.75 Å². The van der Waals surface area contributed by atoms with Crippen LogP contribution in [-0.4, -0.2) is 54.4 Å². The number of aromatic nitrogens is 3. The summed E-state index contributed by atoms with van der Waals surface area (Å²) in [6, 6.07) is 3.06. The number of hydrogen-bond donors (Lipinski definition) is 2. The van der Waals surface area contributed by atoms with E-state index in [9.17, 15) is 19.5 Å². The number of carbonyl (C=O) groups excluding carboxylic acids is 2. The van der Waals surface area contributed by atoms with E-state index < -0.39 is 12.0 Å². The second-order valence-electron chi connectivity index (χ2n) is 6.64. The van der Waals surface area contributed by atoms with Crippen LogP contribution in [-0.2, 0) is 20.9 Å². The molecule has 11 heteroatoms. The van der Waals surface area contributed by atoms with E-state index in [1.54, 1.807) is 28.4 Å². The van der Waals surface area contributed by atoms with Crippen LogP contribution >= 0.6 is 23.5 Å². The van der Waals surface area contributed by atoms with E-state index in [-0.39, 0.29) is 29.3 Å². The molecule has 0 bridgehead atoms. The van der Waals surface area contributed by atoms with Gasteiger partial charge >= 0.3 is 11.6 Å². The highest BCUT2D eigenvalue weighted by Gasteiger charge is 2.51. The Kier molecular flexibility index (Phi) is 5.19. The van der Waals surface area contributed by atoms with Crippen LogP contribution in [0.1, 0.15) is 6.92 Å². The van der Waals surface area contributed by atoms with Gasteiger partial charge < -0.3 is 10.8 Å². The average Bonchev–Trinajstić information content (AvgIpc) is 3.08. The summed E-state index contributed by atoms with van der Waals surface area (Å²) < 4.78 is 3.50. The molecule has 0 aromatic carbocycles. The van der Waals surface area contributed by atoms with Gasteiger partial charge in [0.25, 0.3) is 0 Å². The molecule has 0 radical (unpaired) electrons. The number of aliphatic carboxylic acids is 1. The highest BCUT2D eigenvalue weighted by atomic mass is 32.2. The molecule has 1 fully saturated rings. The van der Waals surface area contributed by atoms with Crippen molar-refractivity contribution in [3.63, 3.8) is 0 Å². The third-order valence-electron chi connectivity index (χ3n) is 4.59. The Bertz CT molecular complexity index is 1090. The summed E-state index contributed by atoms with van der Waals surface area (Å²) in [5.41, 5.74) is 7.11. The number of ketones is 1. The number of rotatable bonds is 6. The molecule has 3 N–H and O–H groups in total. The lowest BCUT2D eigenvalue weighted by Gasteiger charge is -2.47. The molecular weight excluding hydrogens is 414 g/mol. The molecule has 2 aromatic heterocycles. The maximum Gasteiger partial charge on any atom is 0.352 e. The third kappa shape index (κ3) is 3.56. The monoisotopic (exact) mass is 432 g/mol. The minimum absolute atomic E-state index is 0.00334. The largest absolute Gasteiger partial charge is 0.477 e. The molecule has 29 heavy (non-hydrogen) atoms. The first-order valence-electron chi connectivity index (χ1n) is 8.74. The molecule has 2 aromatic rings. The van der Waals surface area contributed by atoms with E-state index in [1.165, 1.54) is 35.3 Å². The molecule has 0 aliphatic carbocycles. The number of fused-ring (bicyclic) bond motifs is 2. The van der Waals surface area contributed by atoms with Crippen LogP contribution in [0.25, 0.3) is 5.65 Å². The summed E-state index contributed by atoms with van der Waals surface area (Å²) in [7, 11) is 0. The van der Waals surface area contributed by atoms with Crippen LogP contribution in [0.3, 0.4) is 0 Å². The van der Waals surface area contributed by atoms with Crippen LogP contribution < -0.4 is 10.3 Å². The number of Topliss-reactive ketones (excluding diaryl/α,β-unsaturated/α-hetero) is 1. The average molecular weight is 433 g/mol. The molecule has 1 saturated heterocycles. The number of carbonyl (C=O) groups is 3. The van der Waals surface area contributed by atoms with Gasteiger partial charge in [-0.1, -0.05) is 16.9 Å². The molecule has 2 atom stereocenters. The molecular formula is C18H18N5O4S2+. The first kappa shape index (κ1) is 19.7. The summed E-state index contributed by atoms with van der Waals surface area (Å²) in [5.74, 6) is -0.976. The fraction of sp³-hybridized carbons (Fsp3) is 0.278. The lowest BCUT2D eigenvalue weighted by molar-refractivity contribution is -0.657. The lowest BCUT2D eigenvalue weighted by Crippen LogP contribution is -2.68. The van der Waals surface area contributed by atoms with E-state index >= 15 is 0 Å². The van der Waals surface area contributed by atoms with Gasteiger partial charge in [-0.2, -0.15) is 0 Å². The zero-order valence-corrected chi connectivity index (χ0v) is 17.0. The molecule has 2 aliphatic heterocycles. The quantitative estimate of drug-likeness (QED) is 0.382. The first-order chi connectivity index (χ1) is 13.9. The smallest absolute Gasteiger partial charge is 0.352 e. The maximum absolute atomic E-state index is 12.0. The summed E-state index contributed by atoms with van der Waals surface area (Å²) in [4.78, 5) is 36.2. The third-order valence-corrected chi connectivity index (χ3v) is 6.65. The van der Waals surface area contributed by atoms with Crippen LogP contribution in [0.2, 0.25) is 0 Å². The molecule has 2 aliphatic rings. The van der Waals surface area contributed by atoms with Gasteiger partial charge in [-0.05, 0) is 30.0 Å². The minimum Gasteiger partial charge on any atom is -0.477 e. The number of amides is 1. The van der Waals surface area contributed by atoms with Gasteiger partial charge in [0.1, 0.15) is 34.9 Å². The summed E-state index contributed by atoms with van der Waals surface area (Å²) in [6.45, 7) is 1.82. The van der Waals surface area contributed by atoms with Gasteiger partial charge in [-0.25, -0.2) is 9.36 Å². The van der Waals surface area contributed by atoms with Crippen LogP contribution in [0.15, 0.2) is 52.3 Å². The van der Waals surface area contributed by atoms with Crippen molar-refractivity contribution in [3.05, 3.63) is 47.3 Å². The standard InChI is InChI=1S/C18H17N5O4S2/c1-10(24)8-21-5-6-22-13(21)3-2-12(20-22)28-7-4-11-9-29-17-14(19)16(25)23(17)15(11)18(26)27/h2-7,14,17H,8-9,19H2,1H3/p+1/b7-4+/t14-,17-/m1/s1. The fourth-order valence-electron chi connectivity index (χ4n) is 3.26. The van der Waals surface area contributed by atoms with Crippen LogP contribution in [0.4, 0.5) is 0 Å². The van der Waals surface area contributed by atoms with Crippen molar-refractivity contribution in [1.29, 1.82) is 0 Å². The van der Waals surface area contributed by atoms with Crippen molar-refractivity contribution in [2.45, 2.75) is 29.9 Å². The molecule has 0 unspecified atom stereocenters. The summed E-state index contributed by atoms with van der Waals surface area (Å²) in [6.07, 6.45) is 5.27. The van der Waals surface area contributed by atoms with Crippen molar-refractivity contribution >= 4 is 46.8 Å². The number of carboxylic acids is 1. The Hall–Kier alpha value is -2.63. The van der Waals surface area contributed by atoms with E-state index in [0.717, 1.165) is 5.65 Å². The highest BCUT2D eigenvalue weighted by molar-refractivity contribution is 8.02. The molecule has 4 heterocycles. The topological polar surface area (TPSA) is 122 Å². The van der Waals surface area contributed by atoms with Gasteiger partial charge in [0.2, 0.25) is 5.91 Å². The number of imidazole rings is 1. The number of carboxylic acid groups (broad SMARTS) is 1. The summed E-state index contributed by atoms with van der Waals surface area (Å²) in [5, 5.41) is 16.2. The number of nitrogens with zero attached hydrogens (tertiary/aromatic N) is 4. The van der Waals surface area contributed by atoms with Crippen LogP contribution in [0.5, 0.6) is 0 Å². The van der Waals surface area contributed by atoms with E-state index in [4.69, 9.17) is 5.73 Å². The maximum atomic E-state index is 12.0. The SMILES string of the molecule is CC(=O)C[n+]1ccn2nc(S/C=C/C3=C(C(=O)O)N4C(=O)[C@@H](N)[C@H]4SC3)ccc21. The Morgan fingerprint density at radius 3 is 3.00 bits per heavy atom. The van der Waals surface area contributed by atoms with E-state index in [1.807, 2.05) is 16.7 Å². The molecule has 4 rings (SSSR count). The highest BCUT2D eigenvalue weighted by Crippen LogP contribution is 2.40. The number of thioether (sulfide) groups is 2. The number of β-lactam (4-membered cyclic amide) rings is 1. The lowest BCUT2D eigenvalue weighted by atomic mass is 10.0. The Labute approximate surface area is 174 Å². The predicted octanol–water partition coefficient (Wildman–Crippen LogP) is 0.398. The van der Waals surface area contributed by atoms with Gasteiger partial charge in [0.05, 0.1) is 0 Å². The van der Waals surface area contributed by atoms with Gasteiger partial charge in [0.15, 0.2) is 12.0 Å². The summed E-state index contributed by atoms with van der Waals surface area (Å²) >= 11 is 2.79. The molecule has 0 saturated carbocycles. The molecule has 0 spiro atoms. The zero-order valence-electron chi connectivity index (χ0n) is 15.4. The number of hydrogen-bond acceptors (Lipinski definition) is 7. The van der Waals surface area contributed by atoms with Gasteiger partial charge in [-0.3, -0.25) is 14.5 Å². The van der Waals surface area contributed by atoms with Crippen molar-refractivity contribution < 1.29 is 24.1 Å². The molecule has 150 valence electrons. The van der Waals surface area contributed by atoms with Crippen molar-refractivity contribution in [1.82, 2.24) is 14.5 Å². The Balaban J connectivity index is 1.53. The zero-order chi connectivity index (χ0) is 20.7. The Morgan fingerprint density at radius 2 is 2.28 bits per heavy atom. The second kappa shape index (κ2) is 7.65. The Morgan fingerprint density at radius 1 is 1.48 bits per heavy atom. The number of nitrogens with two attached hydrogens (primary N) is 1. The van der Waals surface area contributed by atoms with Gasteiger partial charge in [-0.15, -0.1) is 16.3 Å². The fourth-order valence-corrected chi connectivity index (χ4v) is 5.18. The van der Waals surface area contributed by atoms with Crippen molar-refractivity contribution in [3.8, 4) is 0 Å². The van der Waals surface area contributed by atoms with Gasteiger partial charge in [0, 0.05) is 11.8 Å². The minimum atomic E-state index is -1.14. The second-order valence-corrected chi connectivity index (χ2v) is 8.67. The predicted molar refractivity (Wildman–Crippen MR) is 107 cm³/mol. The first-order valence-corrected chi connectivity index (χ1v) is 10.7. The van der Waals surface area contributed by atoms with E-state index in [0.29, 0.717) is 16.4 Å². The molecule has 9 nitrogen and oxygen atoms in total. The normalized spacial score (nSPS) is 21.6. The number of allylic oxidation sites excluding steroid dienone is 1. The molecule has 1 amide bonds. The van der Waals surface area contributed by atoms with Crippen LogP contribution in [0, 0.1) is 0 Å². The van der Waals surface area contributed by atoms with E-state index in [2.05, 4.69) is 5.10 Å².